The molecular formula is C23H15Cl3F6N2. The molecule has 34 heavy (non-hydrogen) atoms. The van der Waals surface area contributed by atoms with Crippen molar-refractivity contribution in [2.75, 3.05) is 5.32 Å². The fourth-order valence-electron chi connectivity index (χ4n) is 2.75. The summed E-state index contributed by atoms with van der Waals surface area (Å²) in [6.45, 7) is 0. The fourth-order valence-corrected chi connectivity index (χ4v) is 3.05. The number of benzene rings is 3. The van der Waals surface area contributed by atoms with E-state index in [2.05, 4.69) is 10.3 Å². The molecule has 0 radical (unpaired) electrons. The van der Waals surface area contributed by atoms with Crippen molar-refractivity contribution in [2.24, 2.45) is 0 Å². The summed E-state index contributed by atoms with van der Waals surface area (Å²) in [6.07, 6.45) is -5.86. The van der Waals surface area contributed by atoms with Crippen LogP contribution in [0.1, 0.15) is 16.7 Å². The molecule has 3 aromatic rings. The number of anilines is 1. The van der Waals surface area contributed by atoms with Crippen LogP contribution < -0.4 is 22.7 Å². The molecule has 0 atom stereocenters. The minimum Gasteiger partial charge on any atom is -1.00 e. The molecule has 0 aliphatic heterocycles. The van der Waals surface area contributed by atoms with Gasteiger partial charge in [-0.3, -0.25) is 0 Å². The van der Waals surface area contributed by atoms with Gasteiger partial charge in [-0.2, -0.15) is 26.3 Å². The van der Waals surface area contributed by atoms with Crippen molar-refractivity contribution < 1.29 is 43.7 Å². The molecule has 0 fully saturated rings. The Hall–Kier alpha value is -2.68. The van der Waals surface area contributed by atoms with Gasteiger partial charge >= 0.3 is 12.4 Å². The van der Waals surface area contributed by atoms with Crippen molar-refractivity contribution in [3.8, 4) is 0 Å². The van der Waals surface area contributed by atoms with Gasteiger partial charge in [-0.15, -0.1) is 0 Å². The first-order valence-electron chi connectivity index (χ1n) is 9.30. The van der Waals surface area contributed by atoms with Crippen molar-refractivity contribution in [3.05, 3.63) is 99.5 Å². The molecular weight excluding hydrogens is 525 g/mol. The molecule has 3 rings (SSSR count). The van der Waals surface area contributed by atoms with Crippen LogP contribution in [0.5, 0.6) is 0 Å². The third-order valence-corrected chi connectivity index (χ3v) is 5.17. The Morgan fingerprint density at radius 1 is 0.735 bits per heavy atom. The van der Waals surface area contributed by atoms with Gasteiger partial charge in [0.15, 0.2) is 6.21 Å². The number of halogens is 9. The van der Waals surface area contributed by atoms with E-state index < -0.39 is 23.5 Å². The first-order valence-corrected chi connectivity index (χ1v) is 10.1. The Labute approximate surface area is 207 Å². The second kappa shape index (κ2) is 11.2. The SMILES string of the molecule is FC(F)(F)c1ccc(N/C(=C/C=[NH+]c2ccc(C(F)(F)F)cc2)c2ccc(Cl)c(Cl)c2)cc1.[Cl-]. The normalized spacial score (nSPS) is 12.5. The van der Waals surface area contributed by atoms with Crippen molar-refractivity contribution in [2.45, 2.75) is 12.4 Å². The Morgan fingerprint density at radius 3 is 1.76 bits per heavy atom. The monoisotopic (exact) mass is 538 g/mol. The number of nitrogens with one attached hydrogen (secondary N) is 2. The predicted octanol–water partition coefficient (Wildman–Crippen LogP) is 3.97. The van der Waals surface area contributed by atoms with Gasteiger partial charge in [-0.25, -0.2) is 4.99 Å². The van der Waals surface area contributed by atoms with E-state index in [1.54, 1.807) is 24.3 Å². The number of rotatable bonds is 5. The molecule has 0 saturated carbocycles. The largest absolute Gasteiger partial charge is 1.00 e. The van der Waals surface area contributed by atoms with Crippen LogP contribution in [-0.2, 0) is 12.4 Å². The molecule has 0 aromatic heterocycles. The van der Waals surface area contributed by atoms with E-state index in [1.807, 2.05) is 0 Å². The first-order chi connectivity index (χ1) is 15.4. The van der Waals surface area contributed by atoms with Crippen molar-refractivity contribution in [3.63, 3.8) is 0 Å². The third kappa shape index (κ3) is 7.41. The van der Waals surface area contributed by atoms with E-state index >= 15 is 0 Å². The van der Waals surface area contributed by atoms with Gasteiger partial charge in [0.05, 0.1) is 26.9 Å². The fraction of sp³-hybridized carbons (Fsp3) is 0.0870. The van der Waals surface area contributed by atoms with Crippen LogP contribution in [0.25, 0.3) is 5.70 Å². The molecule has 0 heterocycles. The summed E-state index contributed by atoms with van der Waals surface area (Å²) >= 11 is 12.0. The van der Waals surface area contributed by atoms with Crippen LogP contribution >= 0.6 is 23.2 Å². The van der Waals surface area contributed by atoms with Gasteiger partial charge < -0.3 is 17.7 Å². The predicted molar refractivity (Wildman–Crippen MR) is 118 cm³/mol. The Bertz CT molecular complexity index is 1170. The Balaban J connectivity index is 0.00000408. The molecule has 0 unspecified atom stereocenters. The van der Waals surface area contributed by atoms with Crippen LogP contribution in [0.3, 0.4) is 0 Å². The molecule has 0 spiro atoms. The van der Waals surface area contributed by atoms with Crippen molar-refractivity contribution in [1.29, 1.82) is 0 Å². The van der Waals surface area contributed by atoms with Gasteiger partial charge in [0.1, 0.15) is 0 Å². The molecule has 2 N–H and O–H groups in total. The maximum Gasteiger partial charge on any atom is 0.416 e. The third-order valence-electron chi connectivity index (χ3n) is 4.43. The van der Waals surface area contributed by atoms with Gasteiger partial charge in [0, 0.05) is 23.9 Å². The summed E-state index contributed by atoms with van der Waals surface area (Å²) in [7, 11) is 0. The molecule has 0 bridgehead atoms. The molecule has 2 nitrogen and oxygen atoms in total. The van der Waals surface area contributed by atoms with Crippen molar-refractivity contribution in [1.82, 2.24) is 0 Å². The minimum atomic E-state index is -4.46. The zero-order valence-corrected chi connectivity index (χ0v) is 19.2. The highest BCUT2D eigenvalue weighted by atomic mass is 35.5. The summed E-state index contributed by atoms with van der Waals surface area (Å²) in [6, 6.07) is 13.7. The van der Waals surface area contributed by atoms with Gasteiger partial charge in [0.25, 0.3) is 0 Å². The summed E-state index contributed by atoms with van der Waals surface area (Å²) < 4.78 is 76.5. The van der Waals surface area contributed by atoms with Gasteiger partial charge in [-0.05, 0) is 54.1 Å². The van der Waals surface area contributed by atoms with E-state index in [-0.39, 0.29) is 17.4 Å². The lowest BCUT2D eigenvalue weighted by Crippen LogP contribution is -3.00. The van der Waals surface area contributed by atoms with Crippen molar-refractivity contribution >= 4 is 46.5 Å². The first kappa shape index (κ1) is 27.6. The van der Waals surface area contributed by atoms with Crippen LogP contribution in [0.15, 0.2) is 72.8 Å². The minimum absolute atomic E-state index is 0. The summed E-state index contributed by atoms with van der Waals surface area (Å²) in [4.78, 5) is 2.85. The lowest BCUT2D eigenvalue weighted by molar-refractivity contribution is -0.346. The maximum atomic E-state index is 12.8. The lowest BCUT2D eigenvalue weighted by Gasteiger charge is -2.13. The zero-order chi connectivity index (χ0) is 24.2. The highest BCUT2D eigenvalue weighted by Crippen LogP contribution is 2.31. The van der Waals surface area contributed by atoms with E-state index in [1.165, 1.54) is 30.5 Å². The second-order valence-electron chi connectivity index (χ2n) is 6.80. The molecule has 180 valence electrons. The van der Waals surface area contributed by atoms with E-state index in [0.717, 1.165) is 24.3 Å². The van der Waals surface area contributed by atoms with Gasteiger partial charge in [-0.1, -0.05) is 29.3 Å². The maximum absolute atomic E-state index is 12.8. The molecule has 3 aromatic carbocycles. The van der Waals surface area contributed by atoms with Gasteiger partial charge in [0.2, 0.25) is 5.69 Å². The molecule has 0 aliphatic carbocycles. The highest BCUT2D eigenvalue weighted by molar-refractivity contribution is 6.42. The quantitative estimate of drug-likeness (QED) is 0.373. The molecule has 0 saturated heterocycles. The highest BCUT2D eigenvalue weighted by Gasteiger charge is 2.30. The number of hydrogen-bond donors (Lipinski definition) is 2. The Morgan fingerprint density at radius 2 is 1.26 bits per heavy atom. The van der Waals surface area contributed by atoms with E-state index in [9.17, 15) is 26.3 Å². The Kier molecular flexibility index (Phi) is 9.05. The molecule has 11 heteroatoms. The average molecular weight is 540 g/mol. The second-order valence-corrected chi connectivity index (χ2v) is 7.61. The average Bonchev–Trinajstić information content (AvgIpc) is 2.74. The lowest BCUT2D eigenvalue weighted by atomic mass is 10.1. The zero-order valence-electron chi connectivity index (χ0n) is 16.9. The number of hydrogen-bond acceptors (Lipinski definition) is 1. The molecule has 0 aliphatic rings. The summed E-state index contributed by atoms with van der Waals surface area (Å²) in [5.74, 6) is 0. The molecule has 0 amide bonds. The van der Waals surface area contributed by atoms with E-state index in [4.69, 9.17) is 23.2 Å². The summed E-state index contributed by atoms with van der Waals surface area (Å²) in [5, 5.41) is 3.60. The topological polar surface area (TPSA) is 26.0 Å². The van der Waals surface area contributed by atoms with Crippen LogP contribution in [-0.4, -0.2) is 6.21 Å². The van der Waals surface area contributed by atoms with E-state index in [0.29, 0.717) is 27.7 Å². The number of allylic oxidation sites excluding steroid dienone is 1. The number of alkyl halides is 6. The van der Waals surface area contributed by atoms with Crippen LogP contribution in [0, 0.1) is 0 Å². The summed E-state index contributed by atoms with van der Waals surface area (Å²) in [5.41, 5.74) is 0.251. The smallest absolute Gasteiger partial charge is 0.416 e. The van der Waals surface area contributed by atoms with Crippen LogP contribution in [0.2, 0.25) is 10.0 Å². The van der Waals surface area contributed by atoms with Crippen LogP contribution in [0.4, 0.5) is 37.7 Å². The standard InChI is InChI=1S/C23H14Cl2F6N2.ClH/c24-19-10-1-14(13-20(19)25)21(33-18-8-4-16(5-9-18)23(29,30)31)11-12-32-17-6-2-15(3-7-17)22(26,27)28;/h1-13,33H;1H/b21-11+,32-12?;.